The topological polar surface area (TPSA) is 249 Å². The average molecular weight is 887 g/mol. The summed E-state index contributed by atoms with van der Waals surface area (Å²) in [7, 11) is -22.3. The molecule has 0 amide bonds. The van der Waals surface area contributed by atoms with Crippen LogP contribution in [0, 0.1) is 0 Å². The number of pyridine rings is 2. The number of alkyl halides is 12. The highest BCUT2D eigenvalue weighted by Crippen LogP contribution is 2.27. The van der Waals surface area contributed by atoms with E-state index in [-0.39, 0.29) is 11.4 Å². The number of nitrogens with zero attached hydrogens (tertiary/aromatic N) is 4. The Labute approximate surface area is 295 Å². The van der Waals surface area contributed by atoms with E-state index in [4.69, 9.17) is 25.9 Å². The Kier molecular flexibility index (Phi) is 16.2. The van der Waals surface area contributed by atoms with Gasteiger partial charge in [-0.15, -0.1) is 0 Å². The molecule has 2 rings (SSSR count). The number of hydrogen-bond acceptors (Lipinski definition) is 12. The fourth-order valence-corrected chi connectivity index (χ4v) is 3.87. The molecule has 2 aromatic heterocycles. The van der Waals surface area contributed by atoms with E-state index in [0.717, 1.165) is 0 Å². The quantitative estimate of drug-likeness (QED) is 0.0853. The second kappa shape index (κ2) is 17.5. The molecule has 306 valence electrons. The van der Waals surface area contributed by atoms with E-state index in [1.54, 1.807) is 0 Å². The Balaban J connectivity index is 0.00000145. The average Bonchev–Trinajstić information content (AvgIpc) is 2.95. The molecular formula is C22H18F12N4O12S4. The number of hydrogen-bond donors (Lipinski definition) is 0. The van der Waals surface area contributed by atoms with Gasteiger partial charge < -0.3 is 9.11 Å². The van der Waals surface area contributed by atoms with Gasteiger partial charge in [0, 0.05) is 24.3 Å². The predicted molar refractivity (Wildman–Crippen MR) is 149 cm³/mol. The van der Waals surface area contributed by atoms with Crippen LogP contribution in [0.1, 0.15) is 11.4 Å². The summed E-state index contributed by atoms with van der Waals surface area (Å²) in [6, 6.07) is 8.12. The summed E-state index contributed by atoms with van der Waals surface area (Å²) >= 11 is 0. The Hall–Kier alpha value is -4.14. The summed E-state index contributed by atoms with van der Waals surface area (Å²) in [5.74, 6) is -4.20. The molecule has 0 spiro atoms. The monoisotopic (exact) mass is 886 g/mol. The number of Topliss-reactive ketones (excluding diaryl/α,β-unsaturated/α-hetero) is 2. The van der Waals surface area contributed by atoms with Gasteiger partial charge in [-0.3, -0.25) is 9.59 Å². The Morgan fingerprint density at radius 3 is 0.963 bits per heavy atom. The molecule has 0 aliphatic carbocycles. The first-order valence-corrected chi connectivity index (χ1v) is 18.3. The van der Waals surface area contributed by atoms with Gasteiger partial charge in [0.1, 0.15) is 25.5 Å². The van der Waals surface area contributed by atoms with Crippen molar-refractivity contribution in [1.82, 2.24) is 0 Å². The molecule has 0 atom stereocenters. The molecule has 0 aliphatic heterocycles. The third-order valence-corrected chi connectivity index (χ3v) is 8.59. The highest BCUT2D eigenvalue weighted by atomic mass is 32.2. The van der Waals surface area contributed by atoms with Gasteiger partial charge in [-0.05, 0) is 0 Å². The Morgan fingerprint density at radius 1 is 0.537 bits per heavy atom. The molecular weight excluding hydrogens is 869 g/mol. The minimum absolute atomic E-state index is 0.0272. The highest BCUT2D eigenvalue weighted by Gasteiger charge is 2.49. The maximum absolute atomic E-state index is 13.0. The fourth-order valence-electron chi connectivity index (χ4n) is 2.79. The molecule has 2 aromatic rings. The number of sulfonamides is 2. The molecule has 32 heteroatoms. The smallest absolute Gasteiger partial charge is 0.518 e. The van der Waals surface area contributed by atoms with Crippen LogP contribution in [0.4, 0.5) is 52.7 Å². The lowest BCUT2D eigenvalue weighted by Crippen LogP contribution is -2.41. The summed E-state index contributed by atoms with van der Waals surface area (Å²) in [5, 5.41) is 0. The summed E-state index contributed by atoms with van der Waals surface area (Å²) in [5.41, 5.74) is -26.4. The van der Waals surface area contributed by atoms with Crippen molar-refractivity contribution >= 4 is 63.3 Å². The second-order valence-corrected chi connectivity index (χ2v) is 15.3. The maximum atomic E-state index is 13.0. The van der Waals surface area contributed by atoms with Crippen LogP contribution in [-0.2, 0) is 76.8 Å². The molecule has 0 N–H and O–H groups in total. The van der Waals surface area contributed by atoms with Crippen molar-refractivity contribution in [2.75, 3.05) is 0 Å². The van der Waals surface area contributed by atoms with Gasteiger partial charge in [0.05, 0.1) is 12.8 Å². The van der Waals surface area contributed by atoms with Crippen molar-refractivity contribution in [3.05, 3.63) is 60.2 Å². The van der Waals surface area contributed by atoms with Gasteiger partial charge in [0.15, 0.2) is 44.0 Å². The number of rotatable bonds is 9. The van der Waals surface area contributed by atoms with Crippen LogP contribution < -0.4 is 9.13 Å². The second-order valence-electron chi connectivity index (χ2n) is 9.33. The van der Waals surface area contributed by atoms with E-state index in [1.165, 1.54) is 72.0 Å². The number of aryl methyl sites for hydroxylation is 2. The molecule has 54 heavy (non-hydrogen) atoms. The molecule has 2 heterocycles. The molecule has 0 bridgehead atoms. The van der Waals surface area contributed by atoms with Crippen molar-refractivity contribution < 1.29 is 114 Å². The van der Waals surface area contributed by atoms with Crippen molar-refractivity contribution in [3.8, 4) is 0 Å². The summed E-state index contributed by atoms with van der Waals surface area (Å²) in [6.45, 7) is 0. The Bertz CT molecular complexity index is 2060. The Morgan fingerprint density at radius 2 is 0.778 bits per heavy atom. The molecule has 0 saturated heterocycles. The van der Waals surface area contributed by atoms with Gasteiger partial charge >= 0.3 is 42.1 Å². The van der Waals surface area contributed by atoms with E-state index in [2.05, 4.69) is 8.80 Å². The van der Waals surface area contributed by atoms with E-state index >= 15 is 0 Å². The SMILES string of the molecule is C[n+]1ccccc1CC(=NS(=O)(=O)C(F)(F)F)C(=O)C(=O)C(Cc1cccc[n+]1C)=NS(=O)(=O)C(F)(F)F.O=S(=O)([O-])C(F)(F)F.O=S(=O)([O-])C(F)(F)F. The number of carbonyl (C=O) groups is 2. The highest BCUT2D eigenvalue weighted by molar-refractivity contribution is 7.91. The normalized spacial score (nSPS) is 13.9. The van der Waals surface area contributed by atoms with E-state index in [0.29, 0.717) is 0 Å². The van der Waals surface area contributed by atoms with Crippen LogP contribution in [-0.4, -0.2) is 87.8 Å². The predicted octanol–water partition coefficient (Wildman–Crippen LogP) is 0.943. The first kappa shape index (κ1) is 49.9. The molecule has 0 radical (unpaired) electrons. The summed E-state index contributed by atoms with van der Waals surface area (Å²) in [6.07, 6.45) is 0.733. The van der Waals surface area contributed by atoms with Crippen LogP contribution in [0.2, 0.25) is 0 Å². The maximum Gasteiger partial charge on any atom is 0.518 e. The van der Waals surface area contributed by atoms with Gasteiger partial charge in [-0.25, -0.2) is 26.0 Å². The zero-order valence-corrected chi connectivity index (χ0v) is 29.2. The summed E-state index contributed by atoms with van der Waals surface area (Å²) in [4.78, 5) is 25.9. The lowest BCUT2D eigenvalue weighted by Gasteiger charge is -2.09. The molecule has 0 saturated carbocycles. The zero-order chi connectivity index (χ0) is 43.1. The lowest BCUT2D eigenvalue weighted by molar-refractivity contribution is -0.678. The molecule has 0 unspecified atom stereocenters. The zero-order valence-electron chi connectivity index (χ0n) is 25.9. The minimum Gasteiger partial charge on any atom is -0.741 e. The van der Waals surface area contributed by atoms with Crippen molar-refractivity contribution in [2.45, 2.75) is 34.9 Å². The van der Waals surface area contributed by atoms with Crippen molar-refractivity contribution in [3.63, 3.8) is 0 Å². The third-order valence-electron chi connectivity index (χ3n) is 5.37. The number of halogens is 12. The van der Waals surface area contributed by atoms with Gasteiger partial charge in [-0.2, -0.15) is 78.3 Å². The number of aromatic nitrogens is 2. The largest absolute Gasteiger partial charge is 0.741 e. The van der Waals surface area contributed by atoms with Crippen LogP contribution in [0.15, 0.2) is 57.6 Å². The van der Waals surface area contributed by atoms with Gasteiger partial charge in [-0.1, -0.05) is 12.1 Å². The first-order chi connectivity index (χ1) is 23.8. The fraction of sp³-hybridized carbons (Fsp3) is 0.364. The molecule has 0 aliphatic rings. The van der Waals surface area contributed by atoms with E-state index in [1.807, 2.05) is 0 Å². The number of carbonyl (C=O) groups excluding carboxylic acids is 2. The van der Waals surface area contributed by atoms with Gasteiger partial charge in [0.25, 0.3) is 0 Å². The summed E-state index contributed by atoms with van der Waals surface area (Å²) < 4.78 is 250. The van der Waals surface area contributed by atoms with Crippen LogP contribution in [0.5, 0.6) is 0 Å². The van der Waals surface area contributed by atoms with Crippen molar-refractivity contribution in [1.29, 1.82) is 0 Å². The molecule has 0 aromatic carbocycles. The van der Waals surface area contributed by atoms with Crippen molar-refractivity contribution in [2.24, 2.45) is 22.9 Å². The number of ketones is 2. The van der Waals surface area contributed by atoms with Crippen LogP contribution in [0.25, 0.3) is 0 Å². The van der Waals surface area contributed by atoms with Crippen LogP contribution >= 0.6 is 0 Å². The minimum atomic E-state index is -6.39. The lowest BCUT2D eigenvalue weighted by atomic mass is 10.0. The molecule has 16 nitrogen and oxygen atoms in total. The van der Waals surface area contributed by atoms with E-state index in [9.17, 15) is 79.1 Å². The molecule has 0 fully saturated rings. The third kappa shape index (κ3) is 14.9. The van der Waals surface area contributed by atoms with Gasteiger partial charge in [0.2, 0.25) is 11.6 Å². The first-order valence-electron chi connectivity index (χ1n) is 12.6. The van der Waals surface area contributed by atoms with Crippen LogP contribution in [0.3, 0.4) is 0 Å². The van der Waals surface area contributed by atoms with E-state index < -0.39 is 98.1 Å². The standard InChI is InChI=1S/C20H18F6N4O6S2.2CHF3O3S/c1-29-9-5-3-7-13(29)11-15(27-37(33,34)19(21,22)23)17(31)18(32)16(28-38(35,36)20(24,25)26)12-14-8-4-6-10-30(14)2;2*2-1(3,4)8(5,6)7/h3-10H,11-12H2,1-2H3;2*(H,5,6,7)/q+2;;/p-2.